The van der Waals surface area contributed by atoms with E-state index < -0.39 is 20.0 Å². The highest BCUT2D eigenvalue weighted by Gasteiger charge is 2.28. The highest BCUT2D eigenvalue weighted by atomic mass is 31.2. The van der Waals surface area contributed by atoms with E-state index in [2.05, 4.69) is 67.8 Å². The van der Waals surface area contributed by atoms with Crippen LogP contribution in [-0.4, -0.2) is 73.4 Å². The summed E-state index contributed by atoms with van der Waals surface area (Å²) in [5.74, 6) is -0.181. The second-order valence-corrected chi connectivity index (χ2v) is 27.4. The number of nitrogens with one attached hydrogen (secondary N) is 1. The number of likely N-dealkylation sites (N-methyl/N-ethyl adjacent to an activating group) is 1. The molecule has 488 valence electrons. The highest BCUT2D eigenvalue weighted by molar-refractivity contribution is 7.47. The van der Waals surface area contributed by atoms with Crippen molar-refractivity contribution in [3.63, 3.8) is 0 Å². The lowest BCUT2D eigenvalue weighted by molar-refractivity contribution is -0.870. The molecule has 3 N–H and O–H groups in total. The van der Waals surface area contributed by atoms with Gasteiger partial charge in [0.15, 0.2) is 0 Å². The zero-order chi connectivity index (χ0) is 60.5. The zero-order valence-corrected chi connectivity index (χ0v) is 56.8. The minimum Gasteiger partial charge on any atom is -0.387 e. The van der Waals surface area contributed by atoms with Crippen molar-refractivity contribution in [3.8, 4) is 0 Å². The van der Waals surface area contributed by atoms with Crippen LogP contribution in [0, 0.1) is 0 Å². The highest BCUT2D eigenvalue weighted by Crippen LogP contribution is 2.43. The van der Waals surface area contributed by atoms with Crippen molar-refractivity contribution >= 4 is 13.7 Å². The summed E-state index contributed by atoms with van der Waals surface area (Å²) in [6, 6.07) is -0.865. The summed E-state index contributed by atoms with van der Waals surface area (Å²) in [5.41, 5.74) is 0. The van der Waals surface area contributed by atoms with Gasteiger partial charge in [0.2, 0.25) is 5.91 Å². The average molecular weight is 1190 g/mol. The van der Waals surface area contributed by atoms with Crippen LogP contribution in [-0.2, 0) is 18.4 Å². The van der Waals surface area contributed by atoms with E-state index in [0.29, 0.717) is 17.4 Å². The van der Waals surface area contributed by atoms with Crippen molar-refractivity contribution in [2.75, 3.05) is 40.9 Å². The molecule has 0 aliphatic carbocycles. The Kier molecular flexibility index (Phi) is 63.3. The van der Waals surface area contributed by atoms with Gasteiger partial charge in [-0.25, -0.2) is 4.57 Å². The number of aliphatic hydroxyl groups is 1. The molecule has 0 fully saturated rings. The normalized spacial score (nSPS) is 14.0. The Bertz CT molecular complexity index is 1540. The van der Waals surface area contributed by atoms with Gasteiger partial charge in [0.25, 0.3) is 0 Å². The zero-order valence-electron chi connectivity index (χ0n) is 55.9. The lowest BCUT2D eigenvalue weighted by Crippen LogP contribution is -2.45. The van der Waals surface area contributed by atoms with Crippen LogP contribution in [0.3, 0.4) is 0 Å². The number of unbranched alkanes of at least 4 members (excludes halogenated alkanes) is 46. The van der Waals surface area contributed by atoms with Gasteiger partial charge in [0.05, 0.1) is 39.9 Å². The third-order valence-corrected chi connectivity index (χ3v) is 17.4. The molecule has 0 radical (unpaired) electrons. The van der Waals surface area contributed by atoms with Crippen molar-refractivity contribution in [1.82, 2.24) is 5.32 Å². The molecule has 0 aromatic carbocycles. The third kappa shape index (κ3) is 67.6. The Labute approximate surface area is 517 Å². The Hall–Kier alpha value is -1.80. The number of phosphoric acid groups is 1. The van der Waals surface area contributed by atoms with E-state index in [1.54, 1.807) is 6.08 Å². The van der Waals surface area contributed by atoms with Gasteiger partial charge in [-0.3, -0.25) is 13.8 Å². The number of rotatable bonds is 67. The number of quaternary nitrogens is 1. The molecule has 0 saturated heterocycles. The maximum absolute atomic E-state index is 13.1. The van der Waals surface area contributed by atoms with Crippen molar-refractivity contribution in [2.45, 2.75) is 366 Å². The Morgan fingerprint density at radius 3 is 1.05 bits per heavy atom. The fraction of sp³-hybridized carbons (Fsp3) is 0.851. The van der Waals surface area contributed by atoms with Crippen LogP contribution in [0.15, 0.2) is 60.8 Å². The molecule has 0 bridgehead atoms. The van der Waals surface area contributed by atoms with Crippen LogP contribution in [0.5, 0.6) is 0 Å². The van der Waals surface area contributed by atoms with Crippen LogP contribution in [0.25, 0.3) is 0 Å². The Morgan fingerprint density at radius 1 is 0.410 bits per heavy atom. The average Bonchev–Trinajstić information content (AvgIpc) is 3.50. The van der Waals surface area contributed by atoms with Crippen molar-refractivity contribution in [2.24, 2.45) is 0 Å². The number of carbonyl (C=O) groups is 1. The summed E-state index contributed by atoms with van der Waals surface area (Å²) in [7, 11) is 1.57. The third-order valence-electron chi connectivity index (χ3n) is 16.5. The minimum absolute atomic E-state index is 0.0568. The van der Waals surface area contributed by atoms with E-state index in [9.17, 15) is 19.4 Å². The van der Waals surface area contributed by atoms with E-state index in [4.69, 9.17) is 9.05 Å². The second kappa shape index (κ2) is 64.7. The first kappa shape index (κ1) is 81.2. The number of aliphatic hydroxyl groups excluding tert-OH is 1. The molecule has 9 heteroatoms. The van der Waals surface area contributed by atoms with Gasteiger partial charge in [0, 0.05) is 6.42 Å². The Balaban J connectivity index is 4.02. The van der Waals surface area contributed by atoms with Crippen molar-refractivity contribution in [1.29, 1.82) is 0 Å². The van der Waals surface area contributed by atoms with Gasteiger partial charge < -0.3 is 19.8 Å². The van der Waals surface area contributed by atoms with Crippen LogP contribution in [0.4, 0.5) is 0 Å². The number of hydrogen-bond donors (Lipinski definition) is 3. The molecule has 0 saturated carbocycles. The van der Waals surface area contributed by atoms with E-state index in [1.807, 2.05) is 27.2 Å². The number of phosphoric ester groups is 1. The smallest absolute Gasteiger partial charge is 0.387 e. The number of hydrogen-bond acceptors (Lipinski definition) is 5. The van der Waals surface area contributed by atoms with Crippen LogP contribution < -0.4 is 5.32 Å². The van der Waals surface area contributed by atoms with Crippen LogP contribution in [0.2, 0.25) is 0 Å². The number of amides is 1. The SMILES string of the molecule is CCCCCCC/C=C\C/C=C\C/C=C\CCCCCCCCCCCCCCCCCCCCCCCCC(=O)NC(COP(=O)(O)OCC[N+](C)(C)C)C(O)/C=C/CC/C=C/CCCCCCCCCCCCCCCCCCCC. The minimum atomic E-state index is -4.36. The fourth-order valence-electron chi connectivity index (χ4n) is 10.8. The summed E-state index contributed by atoms with van der Waals surface area (Å²) in [6.07, 6.45) is 89.6. The summed E-state index contributed by atoms with van der Waals surface area (Å²) < 4.78 is 23.8. The van der Waals surface area contributed by atoms with E-state index >= 15 is 0 Å². The van der Waals surface area contributed by atoms with E-state index in [0.717, 1.165) is 51.4 Å². The molecule has 0 aliphatic rings. The number of allylic oxidation sites excluding steroid dienone is 9. The molecule has 0 aromatic rings. The molecule has 3 atom stereocenters. The van der Waals surface area contributed by atoms with E-state index in [1.165, 1.54) is 283 Å². The number of carbonyl (C=O) groups excluding carboxylic acids is 1. The Morgan fingerprint density at radius 2 is 0.699 bits per heavy atom. The summed E-state index contributed by atoms with van der Waals surface area (Å²) >= 11 is 0. The summed E-state index contributed by atoms with van der Waals surface area (Å²) in [4.78, 5) is 23.4. The molecule has 0 spiro atoms. The van der Waals surface area contributed by atoms with Gasteiger partial charge >= 0.3 is 7.82 Å². The van der Waals surface area contributed by atoms with Crippen LogP contribution >= 0.6 is 7.82 Å². The second-order valence-electron chi connectivity index (χ2n) is 26.0. The quantitative estimate of drug-likeness (QED) is 0.0243. The van der Waals surface area contributed by atoms with Crippen LogP contribution in [0.1, 0.15) is 354 Å². The lowest BCUT2D eigenvalue weighted by atomic mass is 10.0. The monoisotopic (exact) mass is 1190 g/mol. The topological polar surface area (TPSA) is 105 Å². The maximum Gasteiger partial charge on any atom is 0.472 e. The van der Waals surface area contributed by atoms with Gasteiger partial charge in [-0.15, -0.1) is 0 Å². The van der Waals surface area contributed by atoms with Gasteiger partial charge in [-0.2, -0.15) is 0 Å². The van der Waals surface area contributed by atoms with Gasteiger partial charge in [-0.05, 0) is 70.6 Å². The molecule has 0 rings (SSSR count). The molecule has 0 heterocycles. The molecule has 8 nitrogen and oxygen atoms in total. The fourth-order valence-corrected chi connectivity index (χ4v) is 11.6. The molecular formula is C74H142N2O6P+. The van der Waals surface area contributed by atoms with E-state index in [-0.39, 0.29) is 19.1 Å². The molecule has 1 amide bonds. The predicted octanol–water partition coefficient (Wildman–Crippen LogP) is 23.2. The summed E-state index contributed by atoms with van der Waals surface area (Å²) in [6.45, 7) is 4.83. The van der Waals surface area contributed by atoms with Crippen molar-refractivity contribution in [3.05, 3.63) is 60.8 Å². The van der Waals surface area contributed by atoms with Gasteiger partial charge in [-0.1, -0.05) is 338 Å². The largest absolute Gasteiger partial charge is 0.472 e. The molecule has 0 aromatic heterocycles. The summed E-state index contributed by atoms with van der Waals surface area (Å²) in [5, 5.41) is 14.0. The first-order valence-electron chi connectivity index (χ1n) is 36.2. The molecule has 3 unspecified atom stereocenters. The first-order valence-corrected chi connectivity index (χ1v) is 37.7. The standard InChI is InChI=1S/C74H141N2O6P/c1-6-8-10-12-14-16-18-20-22-24-26-28-30-32-33-34-35-36-37-38-39-40-41-42-43-44-46-48-50-52-54-56-58-60-62-64-66-68-74(78)75-72(71-82-83(79,80)81-70-69-76(3,4)5)73(77)67-65-63-61-59-57-55-53-51-49-47-45-31-29-27-25-23-21-19-17-15-13-11-9-7-2/h18,20,24,26,30,32,57,59,65,67,72-73,77H,6-17,19,21-23,25,27-29,31,33-56,58,60-64,66,68-71H2,1-5H3,(H-,75,78,79,80)/p+1/b20-18-,26-24-,32-30-,59-57+,67-65+. The predicted molar refractivity (Wildman–Crippen MR) is 364 cm³/mol. The molecule has 0 aliphatic heterocycles. The van der Waals surface area contributed by atoms with Gasteiger partial charge in [0.1, 0.15) is 13.2 Å². The van der Waals surface area contributed by atoms with Crippen molar-refractivity contribution < 1.29 is 32.9 Å². The molecule has 83 heavy (non-hydrogen) atoms. The first-order chi connectivity index (χ1) is 40.5. The number of nitrogens with zero attached hydrogens (tertiary/aromatic N) is 1. The maximum atomic E-state index is 13.1. The lowest BCUT2D eigenvalue weighted by Gasteiger charge is -2.25. The molecular weight excluding hydrogens is 1040 g/mol.